The average molecular weight is 472 g/mol. The summed E-state index contributed by atoms with van der Waals surface area (Å²) in [6, 6.07) is 0.732. The highest BCUT2D eigenvalue weighted by Gasteiger charge is 2.45. The average Bonchev–Trinajstić information content (AvgIpc) is 3.26. The lowest BCUT2D eigenvalue weighted by Crippen LogP contribution is -2.57. The van der Waals surface area contributed by atoms with Gasteiger partial charge in [-0.15, -0.1) is 0 Å². The molecule has 1 saturated heterocycles. The summed E-state index contributed by atoms with van der Waals surface area (Å²) in [5.41, 5.74) is 0.670. The number of rotatable bonds is 7. The molecule has 3 N–H and O–H groups in total. The van der Waals surface area contributed by atoms with E-state index in [1.165, 1.54) is 47.5 Å². The maximum absolute atomic E-state index is 13.1. The zero-order valence-corrected chi connectivity index (χ0v) is 18.6. The second-order valence-electron chi connectivity index (χ2n) is 7.59. The quantitative estimate of drug-likeness (QED) is 0.462. The number of nitrogens with zero attached hydrogens (tertiary/aromatic N) is 7. The monoisotopic (exact) mass is 472 g/mol. The first-order valence-electron chi connectivity index (χ1n) is 10.3. The third-order valence-electron chi connectivity index (χ3n) is 5.20. The number of amides is 2. The molecule has 1 aliphatic rings. The molecule has 1 atom stereocenters. The molecule has 178 valence electrons. The Morgan fingerprint density at radius 3 is 2.44 bits per heavy atom. The summed E-state index contributed by atoms with van der Waals surface area (Å²) >= 11 is 0. The lowest BCUT2D eigenvalue weighted by molar-refractivity contribution is -0.118. The second-order valence-corrected chi connectivity index (χ2v) is 7.59. The Morgan fingerprint density at radius 1 is 1.12 bits per heavy atom. The summed E-state index contributed by atoms with van der Waals surface area (Å²) in [7, 11) is 3.11. The van der Waals surface area contributed by atoms with E-state index in [2.05, 4.69) is 40.9 Å². The van der Waals surface area contributed by atoms with Gasteiger partial charge in [0.25, 0.3) is 11.8 Å². The van der Waals surface area contributed by atoms with E-state index in [9.17, 15) is 18.4 Å². The maximum atomic E-state index is 13.1. The molecule has 0 bridgehead atoms. The Morgan fingerprint density at radius 2 is 1.82 bits per heavy atom. The lowest BCUT2D eigenvalue weighted by atomic mass is 10.2. The van der Waals surface area contributed by atoms with E-state index < -0.39 is 36.9 Å². The van der Waals surface area contributed by atoms with Crippen LogP contribution >= 0.6 is 0 Å². The molecule has 2 amide bonds. The van der Waals surface area contributed by atoms with Crippen LogP contribution < -0.4 is 20.9 Å². The molecule has 0 radical (unpaired) electrons. The van der Waals surface area contributed by atoms with E-state index in [0.29, 0.717) is 11.4 Å². The molecule has 0 saturated carbocycles. The summed E-state index contributed by atoms with van der Waals surface area (Å²) < 4.78 is 27.6. The van der Waals surface area contributed by atoms with Crippen molar-refractivity contribution in [3.05, 3.63) is 36.7 Å². The van der Waals surface area contributed by atoms with Crippen molar-refractivity contribution < 1.29 is 18.4 Å². The number of carbonyl (C=O) groups is 2. The van der Waals surface area contributed by atoms with Gasteiger partial charge in [0.05, 0.1) is 25.0 Å². The Bertz CT molecular complexity index is 1210. The molecule has 1 fully saturated rings. The number of hydrogen-bond acceptors (Lipinski definition) is 9. The number of halogens is 2. The van der Waals surface area contributed by atoms with Crippen molar-refractivity contribution in [1.82, 2.24) is 34.8 Å². The van der Waals surface area contributed by atoms with Gasteiger partial charge < -0.3 is 25.4 Å². The number of hydrogen-bond donors (Lipinski definition) is 3. The van der Waals surface area contributed by atoms with Crippen LogP contribution in [-0.4, -0.2) is 74.4 Å². The van der Waals surface area contributed by atoms with Gasteiger partial charge in [-0.3, -0.25) is 9.59 Å². The first-order valence-corrected chi connectivity index (χ1v) is 10.3. The molecule has 1 unspecified atom stereocenters. The minimum absolute atomic E-state index is 0.196. The van der Waals surface area contributed by atoms with E-state index in [1.807, 2.05) is 0 Å². The molecule has 1 aliphatic heterocycles. The van der Waals surface area contributed by atoms with Crippen LogP contribution in [0.1, 0.15) is 23.5 Å². The molecule has 4 rings (SSSR count). The van der Waals surface area contributed by atoms with Crippen LogP contribution in [0.3, 0.4) is 0 Å². The number of imidazole rings is 1. The predicted octanol–water partition coefficient (Wildman–Crippen LogP) is 1.19. The van der Waals surface area contributed by atoms with Crippen molar-refractivity contribution in [3.63, 3.8) is 0 Å². The van der Waals surface area contributed by atoms with Gasteiger partial charge in [-0.1, -0.05) is 0 Å². The lowest BCUT2D eigenvalue weighted by Gasteiger charge is -2.38. The maximum Gasteiger partial charge on any atom is 0.282 e. The summed E-state index contributed by atoms with van der Waals surface area (Å²) in [5, 5.41) is 8.05. The number of alkyl halides is 2. The van der Waals surface area contributed by atoms with Gasteiger partial charge in [-0.2, -0.15) is 0 Å². The number of nitrogens with one attached hydrogen (secondary N) is 3. The summed E-state index contributed by atoms with van der Waals surface area (Å²) in [5.74, 6) is -2.53. The fourth-order valence-corrected chi connectivity index (χ4v) is 3.36. The minimum Gasteiger partial charge on any atom is -0.371 e. The molecule has 0 spiro atoms. The van der Waals surface area contributed by atoms with Crippen molar-refractivity contribution in [2.24, 2.45) is 0 Å². The summed E-state index contributed by atoms with van der Waals surface area (Å²) in [6.45, 7) is 0.782. The van der Waals surface area contributed by atoms with Gasteiger partial charge in [0.2, 0.25) is 11.9 Å². The molecule has 4 heterocycles. The molecule has 3 aromatic rings. The zero-order chi connectivity index (χ0) is 24.5. The van der Waals surface area contributed by atoms with Crippen LogP contribution in [0.5, 0.6) is 0 Å². The number of anilines is 3. The Balaban J connectivity index is 1.48. The van der Waals surface area contributed by atoms with Gasteiger partial charge in [-0.25, -0.2) is 33.7 Å². The van der Waals surface area contributed by atoms with Crippen molar-refractivity contribution in [1.29, 1.82) is 0 Å². The fraction of sp³-hybridized carbons (Fsp3) is 0.350. The highest BCUT2D eigenvalue weighted by Crippen LogP contribution is 2.29. The Kier molecular flexibility index (Phi) is 6.04. The van der Waals surface area contributed by atoms with E-state index in [0.717, 1.165) is 0 Å². The van der Waals surface area contributed by atoms with Crippen molar-refractivity contribution in [3.8, 4) is 11.4 Å². The van der Waals surface area contributed by atoms with Crippen LogP contribution in [-0.2, 0) is 4.79 Å². The largest absolute Gasteiger partial charge is 0.371 e. The van der Waals surface area contributed by atoms with Crippen LogP contribution in [0.4, 0.5) is 26.4 Å². The SMILES string of the molecule is CNC(=O)c1c(NC)ncn1C(C)C(=O)Nc1ccnc(-c2cnc(N3CC(F)(F)C3)nc2)n1. The Hall–Kier alpha value is -4.23. The van der Waals surface area contributed by atoms with Gasteiger partial charge in [0, 0.05) is 32.7 Å². The summed E-state index contributed by atoms with van der Waals surface area (Å²) in [4.78, 5) is 47.3. The van der Waals surface area contributed by atoms with Crippen molar-refractivity contribution in [2.45, 2.75) is 18.9 Å². The van der Waals surface area contributed by atoms with Crippen molar-refractivity contribution in [2.75, 3.05) is 42.7 Å². The van der Waals surface area contributed by atoms with Gasteiger partial charge in [-0.05, 0) is 13.0 Å². The van der Waals surface area contributed by atoms with E-state index in [-0.39, 0.29) is 23.3 Å². The topological polar surface area (TPSA) is 143 Å². The number of aromatic nitrogens is 6. The molecular formula is C20H22F2N10O2. The molecule has 12 nitrogen and oxygen atoms in total. The third-order valence-corrected chi connectivity index (χ3v) is 5.20. The minimum atomic E-state index is -2.72. The molecule has 34 heavy (non-hydrogen) atoms. The molecular weight excluding hydrogens is 450 g/mol. The molecule has 3 aromatic heterocycles. The predicted molar refractivity (Wildman–Crippen MR) is 119 cm³/mol. The van der Waals surface area contributed by atoms with Crippen LogP contribution in [0, 0.1) is 0 Å². The standard InChI is InChI=1S/C20H22F2N10O2/c1-11(32-10-28-16(23-2)14(32)18(34)24-3)17(33)30-13-4-5-25-15(29-13)12-6-26-19(27-7-12)31-8-20(21,22)9-31/h4-7,10-11,23H,8-9H2,1-3H3,(H,24,34)(H,25,29,30,33). The normalized spacial score (nSPS) is 15.3. The fourth-order valence-electron chi connectivity index (χ4n) is 3.36. The van der Waals surface area contributed by atoms with Crippen LogP contribution in [0.15, 0.2) is 31.0 Å². The van der Waals surface area contributed by atoms with Gasteiger partial charge in [0.1, 0.15) is 11.9 Å². The highest BCUT2D eigenvalue weighted by molar-refractivity contribution is 5.99. The number of carbonyl (C=O) groups excluding carboxylic acids is 2. The van der Waals surface area contributed by atoms with Crippen LogP contribution in [0.2, 0.25) is 0 Å². The van der Waals surface area contributed by atoms with Gasteiger partial charge in [0.15, 0.2) is 17.3 Å². The summed E-state index contributed by atoms with van der Waals surface area (Å²) in [6.07, 6.45) is 5.73. The first kappa shape index (κ1) is 22.9. The smallest absolute Gasteiger partial charge is 0.282 e. The van der Waals surface area contributed by atoms with Crippen LogP contribution in [0.25, 0.3) is 11.4 Å². The highest BCUT2D eigenvalue weighted by atomic mass is 19.3. The van der Waals surface area contributed by atoms with E-state index >= 15 is 0 Å². The molecule has 0 aliphatic carbocycles. The molecule has 14 heteroatoms. The van der Waals surface area contributed by atoms with Gasteiger partial charge >= 0.3 is 0 Å². The van der Waals surface area contributed by atoms with E-state index in [1.54, 1.807) is 14.0 Å². The third kappa shape index (κ3) is 4.46. The Labute approximate surface area is 192 Å². The van der Waals surface area contributed by atoms with Crippen molar-refractivity contribution >= 4 is 29.4 Å². The zero-order valence-electron chi connectivity index (χ0n) is 18.6. The molecule has 0 aromatic carbocycles. The second kappa shape index (κ2) is 8.96. The van der Waals surface area contributed by atoms with E-state index in [4.69, 9.17) is 0 Å². The first-order chi connectivity index (χ1) is 16.2.